The quantitative estimate of drug-likeness (QED) is 0.376. The maximum Gasteiger partial charge on any atom is 0.246 e. The first-order valence-corrected chi connectivity index (χ1v) is 12.3. The number of methoxy groups -OCH3 is 1. The normalized spacial score (nSPS) is 21.7. The third-order valence-corrected chi connectivity index (χ3v) is 6.37. The Labute approximate surface area is 207 Å². The summed E-state index contributed by atoms with van der Waals surface area (Å²) in [6, 6.07) is 13.2. The van der Waals surface area contributed by atoms with Crippen LogP contribution < -0.4 is 31.3 Å². The predicted molar refractivity (Wildman–Crippen MR) is 141 cm³/mol. The zero-order chi connectivity index (χ0) is 24.6. The van der Waals surface area contributed by atoms with E-state index < -0.39 is 0 Å². The minimum absolute atomic E-state index is 0.0313. The van der Waals surface area contributed by atoms with Crippen molar-refractivity contribution < 1.29 is 14.3 Å². The van der Waals surface area contributed by atoms with Crippen LogP contribution in [-0.4, -0.2) is 51.5 Å². The maximum absolute atomic E-state index is 11.5. The van der Waals surface area contributed by atoms with Gasteiger partial charge in [-0.25, -0.2) is 0 Å². The Balaban J connectivity index is 1.39. The first-order valence-electron chi connectivity index (χ1n) is 12.3. The van der Waals surface area contributed by atoms with Gasteiger partial charge in [0.2, 0.25) is 5.91 Å². The Morgan fingerprint density at radius 2 is 2.06 bits per heavy atom. The largest absolute Gasteiger partial charge is 0.489 e. The molecule has 0 aliphatic carbocycles. The number of piperidine rings is 1. The minimum atomic E-state index is -0.128. The molecule has 35 heavy (non-hydrogen) atoms. The highest BCUT2D eigenvalue weighted by molar-refractivity contribution is 5.77. The summed E-state index contributed by atoms with van der Waals surface area (Å²) >= 11 is 0. The lowest BCUT2D eigenvalue weighted by Crippen LogP contribution is -2.42. The number of hydrogen-bond acceptors (Lipinski definition) is 7. The summed E-state index contributed by atoms with van der Waals surface area (Å²) in [7, 11) is 1.51. The molecule has 0 radical (unpaired) electrons. The van der Waals surface area contributed by atoms with Gasteiger partial charge in [-0.05, 0) is 68.1 Å². The van der Waals surface area contributed by atoms with E-state index in [9.17, 15) is 4.79 Å². The van der Waals surface area contributed by atoms with Crippen molar-refractivity contribution in [3.63, 3.8) is 0 Å². The molecule has 5 N–H and O–H groups in total. The molecule has 2 aromatic carbocycles. The van der Waals surface area contributed by atoms with Crippen molar-refractivity contribution >= 4 is 23.4 Å². The van der Waals surface area contributed by atoms with Crippen LogP contribution in [0.25, 0.3) is 6.08 Å². The van der Waals surface area contributed by atoms with Gasteiger partial charge >= 0.3 is 0 Å². The summed E-state index contributed by atoms with van der Waals surface area (Å²) in [6.07, 6.45) is 6.36. The Hall–Kier alpha value is -3.07. The first-order chi connectivity index (χ1) is 17.0. The number of amides is 1. The highest BCUT2D eigenvalue weighted by atomic mass is 16.5. The number of aryl methyl sites for hydroxylation is 1. The second kappa shape index (κ2) is 12.1. The van der Waals surface area contributed by atoms with Crippen molar-refractivity contribution in [1.29, 1.82) is 0 Å². The molecule has 4 rings (SSSR count). The molecule has 8 heteroatoms. The molecule has 2 aromatic rings. The smallest absolute Gasteiger partial charge is 0.246 e. The van der Waals surface area contributed by atoms with Gasteiger partial charge in [0.25, 0.3) is 0 Å². The van der Waals surface area contributed by atoms with Crippen molar-refractivity contribution in [3.05, 3.63) is 59.2 Å². The van der Waals surface area contributed by atoms with Gasteiger partial charge in [-0.3, -0.25) is 10.1 Å². The molecule has 2 aliphatic heterocycles. The third-order valence-electron chi connectivity index (χ3n) is 6.37. The number of carbonyl (C=O) groups excluding carboxylic acids is 1. The van der Waals surface area contributed by atoms with E-state index in [1.807, 2.05) is 12.2 Å². The van der Waals surface area contributed by atoms with Gasteiger partial charge in [0, 0.05) is 43.2 Å². The van der Waals surface area contributed by atoms with E-state index in [-0.39, 0.29) is 24.8 Å². The molecule has 1 amide bonds. The number of ether oxygens (including phenoxy) is 2. The lowest BCUT2D eigenvalue weighted by molar-refractivity contribution is -0.124. The summed E-state index contributed by atoms with van der Waals surface area (Å²) < 4.78 is 11.1. The van der Waals surface area contributed by atoms with E-state index in [2.05, 4.69) is 76.8 Å². The van der Waals surface area contributed by atoms with Crippen LogP contribution in [0.15, 0.2) is 42.5 Å². The summed E-state index contributed by atoms with van der Waals surface area (Å²) in [4.78, 5) is 11.5. The van der Waals surface area contributed by atoms with E-state index in [1.54, 1.807) is 0 Å². The van der Waals surface area contributed by atoms with E-state index >= 15 is 0 Å². The maximum atomic E-state index is 11.5. The predicted octanol–water partition coefficient (Wildman–Crippen LogP) is 3.37. The molecular weight excluding hydrogens is 442 g/mol. The average Bonchev–Trinajstić information content (AvgIpc) is 2.85. The van der Waals surface area contributed by atoms with Crippen LogP contribution in [-0.2, 0) is 9.53 Å². The van der Waals surface area contributed by atoms with E-state index in [1.165, 1.54) is 7.11 Å². The Bertz CT molecular complexity index is 1030. The molecule has 0 bridgehead atoms. The summed E-state index contributed by atoms with van der Waals surface area (Å²) in [5.74, 6) is 0.817. The standard InChI is InChI=1S/C27H37N5O3/c1-18-13-21(8-11-25(18)35-22-9-6-19(2)29-15-22)32-27-23-14-20(7-10-24(23)30-17-31-27)5-4-12-28-26(33)16-34-3/h4-5,7-8,10-11,13-14,19,22,27,29-32H,6,9,12,15-17H2,1-3H3,(H,28,33)/b5-4+. The van der Waals surface area contributed by atoms with Gasteiger partial charge in [0.15, 0.2) is 0 Å². The number of rotatable bonds is 9. The number of carbonyl (C=O) groups is 1. The Kier molecular flexibility index (Phi) is 8.63. The molecule has 3 unspecified atom stereocenters. The third kappa shape index (κ3) is 6.97. The fourth-order valence-electron chi connectivity index (χ4n) is 4.41. The van der Waals surface area contributed by atoms with Gasteiger partial charge in [0.1, 0.15) is 24.6 Å². The van der Waals surface area contributed by atoms with Crippen LogP contribution >= 0.6 is 0 Å². The van der Waals surface area contributed by atoms with Gasteiger partial charge in [0.05, 0.1) is 6.67 Å². The Morgan fingerprint density at radius 3 is 2.83 bits per heavy atom. The molecular formula is C27H37N5O3. The van der Waals surface area contributed by atoms with Crippen molar-refractivity contribution in [1.82, 2.24) is 16.0 Å². The van der Waals surface area contributed by atoms with Crippen molar-refractivity contribution in [2.24, 2.45) is 0 Å². The molecule has 0 aromatic heterocycles. The van der Waals surface area contributed by atoms with Crippen LogP contribution in [0.4, 0.5) is 11.4 Å². The molecule has 1 saturated heterocycles. The van der Waals surface area contributed by atoms with Crippen LogP contribution in [0.1, 0.15) is 42.6 Å². The first kappa shape index (κ1) is 25.0. The van der Waals surface area contributed by atoms with Gasteiger partial charge in [-0.2, -0.15) is 0 Å². The summed E-state index contributed by atoms with van der Waals surface area (Å²) in [5, 5.41) is 16.8. The molecule has 2 heterocycles. The number of anilines is 2. The average molecular weight is 480 g/mol. The van der Waals surface area contributed by atoms with Crippen molar-refractivity contribution in [2.75, 3.05) is 44.1 Å². The fraction of sp³-hybridized carbons (Fsp3) is 0.444. The summed E-state index contributed by atoms with van der Waals surface area (Å²) in [6.45, 7) is 6.42. The highest BCUT2D eigenvalue weighted by Crippen LogP contribution is 2.31. The SMILES string of the molecule is COCC(=O)NC/C=C/c1ccc2c(c1)C(Nc1ccc(OC3CCC(C)NC3)c(C)c1)NCN2. The number of fused-ring (bicyclic) bond motifs is 1. The van der Waals surface area contributed by atoms with Crippen molar-refractivity contribution in [2.45, 2.75) is 45.0 Å². The zero-order valence-electron chi connectivity index (χ0n) is 20.8. The lowest BCUT2D eigenvalue weighted by Gasteiger charge is -2.30. The van der Waals surface area contributed by atoms with Crippen LogP contribution in [0.5, 0.6) is 5.75 Å². The van der Waals surface area contributed by atoms with Gasteiger partial charge < -0.3 is 30.7 Å². The van der Waals surface area contributed by atoms with E-state index in [4.69, 9.17) is 9.47 Å². The molecule has 188 valence electrons. The molecule has 8 nitrogen and oxygen atoms in total. The lowest BCUT2D eigenvalue weighted by atomic mass is 10.0. The van der Waals surface area contributed by atoms with E-state index in [0.29, 0.717) is 19.3 Å². The fourth-order valence-corrected chi connectivity index (χ4v) is 4.41. The van der Waals surface area contributed by atoms with Gasteiger partial charge in [-0.15, -0.1) is 0 Å². The van der Waals surface area contributed by atoms with Gasteiger partial charge in [-0.1, -0.05) is 18.2 Å². The van der Waals surface area contributed by atoms with Crippen LogP contribution in [0.3, 0.4) is 0 Å². The topological polar surface area (TPSA) is 95.7 Å². The Morgan fingerprint density at radius 1 is 1.17 bits per heavy atom. The second-order valence-electron chi connectivity index (χ2n) is 9.23. The monoisotopic (exact) mass is 479 g/mol. The zero-order valence-corrected chi connectivity index (χ0v) is 20.8. The van der Waals surface area contributed by atoms with Crippen molar-refractivity contribution in [3.8, 4) is 5.75 Å². The van der Waals surface area contributed by atoms with Crippen LogP contribution in [0, 0.1) is 6.92 Å². The number of nitrogens with one attached hydrogen (secondary N) is 5. The molecule has 2 aliphatic rings. The molecule has 0 spiro atoms. The molecule has 0 saturated carbocycles. The van der Waals surface area contributed by atoms with E-state index in [0.717, 1.165) is 53.2 Å². The number of hydrogen-bond donors (Lipinski definition) is 5. The molecule has 3 atom stereocenters. The minimum Gasteiger partial charge on any atom is -0.489 e. The highest BCUT2D eigenvalue weighted by Gasteiger charge is 2.21. The number of benzene rings is 2. The molecule has 1 fully saturated rings. The second-order valence-corrected chi connectivity index (χ2v) is 9.23. The van der Waals surface area contributed by atoms with Crippen LogP contribution in [0.2, 0.25) is 0 Å². The summed E-state index contributed by atoms with van der Waals surface area (Å²) in [5.41, 5.74) is 5.47.